The number of ether oxygens (including phenoxy) is 1. The molecule has 0 radical (unpaired) electrons. The van der Waals surface area contributed by atoms with Crippen molar-refractivity contribution in [2.75, 3.05) is 6.54 Å². The molecule has 20 heavy (non-hydrogen) atoms. The van der Waals surface area contributed by atoms with Crippen molar-refractivity contribution in [1.29, 1.82) is 0 Å². The predicted molar refractivity (Wildman–Crippen MR) is 74.7 cm³/mol. The number of hydrogen-bond acceptors (Lipinski definition) is 3. The van der Waals surface area contributed by atoms with E-state index in [1.165, 1.54) is 6.20 Å². The van der Waals surface area contributed by atoms with Gasteiger partial charge in [0.15, 0.2) is 0 Å². The first-order chi connectivity index (χ1) is 9.29. The van der Waals surface area contributed by atoms with Crippen LogP contribution in [-0.2, 0) is 4.74 Å². The number of carbonyl (C=O) groups is 1. The van der Waals surface area contributed by atoms with E-state index >= 15 is 0 Å². The van der Waals surface area contributed by atoms with Crippen molar-refractivity contribution in [2.24, 2.45) is 0 Å². The number of halogens is 1. The molecule has 0 bridgehead atoms. The molecule has 0 aliphatic rings. The Hall–Kier alpha value is -2.09. The maximum Gasteiger partial charge on any atom is 0.407 e. The molecule has 108 valence electrons. The van der Waals surface area contributed by atoms with Crippen LogP contribution in [0.1, 0.15) is 38.3 Å². The fraction of sp³-hybridized carbons (Fsp3) is 0.467. The topological polar surface area (TPSA) is 51.2 Å². The fourth-order valence-corrected chi connectivity index (χ4v) is 1.34. The second-order valence-electron chi connectivity index (χ2n) is 5.25. The Labute approximate surface area is 118 Å². The van der Waals surface area contributed by atoms with Crippen LogP contribution in [0.15, 0.2) is 12.3 Å². The lowest BCUT2D eigenvalue weighted by Gasteiger charge is -2.19. The minimum absolute atomic E-state index is 0.383. The third-order valence-electron chi connectivity index (χ3n) is 2.28. The zero-order chi connectivity index (χ0) is 15.2. The van der Waals surface area contributed by atoms with Gasteiger partial charge in [0, 0.05) is 30.3 Å². The Morgan fingerprint density at radius 2 is 2.20 bits per heavy atom. The van der Waals surface area contributed by atoms with Gasteiger partial charge in [-0.05, 0) is 33.8 Å². The summed E-state index contributed by atoms with van der Waals surface area (Å²) in [5.74, 6) is 5.22. The summed E-state index contributed by atoms with van der Waals surface area (Å²) >= 11 is 0. The summed E-state index contributed by atoms with van der Waals surface area (Å²) in [7, 11) is 0. The van der Waals surface area contributed by atoms with Gasteiger partial charge in [-0.2, -0.15) is 4.39 Å². The highest BCUT2D eigenvalue weighted by atomic mass is 19.1. The van der Waals surface area contributed by atoms with Crippen LogP contribution < -0.4 is 5.32 Å². The molecule has 0 saturated heterocycles. The normalized spacial score (nSPS) is 10.4. The van der Waals surface area contributed by atoms with Crippen LogP contribution in [0.25, 0.3) is 0 Å². The largest absolute Gasteiger partial charge is 0.444 e. The van der Waals surface area contributed by atoms with Crippen molar-refractivity contribution in [2.45, 2.75) is 39.7 Å². The molecule has 1 aromatic heterocycles. The summed E-state index contributed by atoms with van der Waals surface area (Å²) in [6, 6.07) is 1.66. The zero-order valence-corrected chi connectivity index (χ0v) is 12.2. The van der Waals surface area contributed by atoms with Gasteiger partial charge in [0.25, 0.3) is 0 Å². The van der Waals surface area contributed by atoms with E-state index < -0.39 is 17.6 Å². The molecular weight excluding hydrogens is 259 g/mol. The van der Waals surface area contributed by atoms with Crippen LogP contribution in [-0.4, -0.2) is 23.2 Å². The molecule has 0 aliphatic carbocycles. The Bertz CT molecular complexity index is 539. The standard InChI is InChI=1S/C15H19FN2O2/c1-11-12(8-10-17-13(11)16)7-5-6-9-18-14(19)20-15(2,3)4/h8,10H,6,9H2,1-4H3,(H,18,19). The van der Waals surface area contributed by atoms with Crippen LogP contribution >= 0.6 is 0 Å². The lowest BCUT2D eigenvalue weighted by molar-refractivity contribution is 0.0529. The summed E-state index contributed by atoms with van der Waals surface area (Å²) in [6.45, 7) is 7.41. The Balaban J connectivity index is 2.41. The predicted octanol–water partition coefficient (Wildman–Crippen LogP) is 2.80. The Morgan fingerprint density at radius 3 is 2.85 bits per heavy atom. The molecular formula is C15H19FN2O2. The molecule has 0 aliphatic heterocycles. The first-order valence-electron chi connectivity index (χ1n) is 6.36. The lowest BCUT2D eigenvalue weighted by Crippen LogP contribution is -2.32. The quantitative estimate of drug-likeness (QED) is 0.514. The smallest absolute Gasteiger partial charge is 0.407 e. The van der Waals surface area contributed by atoms with E-state index in [0.29, 0.717) is 24.1 Å². The number of hydrogen-bond donors (Lipinski definition) is 1. The molecule has 0 aromatic carbocycles. The summed E-state index contributed by atoms with van der Waals surface area (Å²) in [6.07, 6.45) is 1.37. The molecule has 0 atom stereocenters. The maximum atomic E-state index is 13.2. The van der Waals surface area contributed by atoms with Gasteiger partial charge in [-0.3, -0.25) is 0 Å². The van der Waals surface area contributed by atoms with Crippen molar-refractivity contribution in [3.05, 3.63) is 29.3 Å². The van der Waals surface area contributed by atoms with E-state index in [1.54, 1.807) is 33.8 Å². The number of rotatable bonds is 2. The SMILES string of the molecule is Cc1c(C#CCCNC(=O)OC(C)(C)C)ccnc1F. The van der Waals surface area contributed by atoms with Crippen molar-refractivity contribution < 1.29 is 13.9 Å². The number of carbonyl (C=O) groups excluding carboxylic acids is 1. The first-order valence-corrected chi connectivity index (χ1v) is 6.36. The highest BCUT2D eigenvalue weighted by Gasteiger charge is 2.15. The molecule has 1 heterocycles. The number of nitrogens with one attached hydrogen (secondary N) is 1. The highest BCUT2D eigenvalue weighted by molar-refractivity contribution is 5.67. The van der Waals surface area contributed by atoms with Crippen LogP contribution in [0.3, 0.4) is 0 Å². The Morgan fingerprint density at radius 1 is 1.50 bits per heavy atom. The van der Waals surface area contributed by atoms with E-state index in [1.807, 2.05) is 0 Å². The number of amides is 1. The second kappa shape index (κ2) is 6.90. The molecule has 0 saturated carbocycles. The van der Waals surface area contributed by atoms with Gasteiger partial charge in [0.2, 0.25) is 5.95 Å². The number of pyridine rings is 1. The first kappa shape index (κ1) is 16.0. The summed E-state index contributed by atoms with van der Waals surface area (Å²) in [4.78, 5) is 14.9. The molecule has 1 rings (SSSR count). The average Bonchev–Trinajstić information content (AvgIpc) is 2.31. The number of aromatic nitrogens is 1. The third kappa shape index (κ3) is 5.70. The summed E-state index contributed by atoms with van der Waals surface area (Å²) in [5.41, 5.74) is 0.524. The van der Waals surface area contributed by atoms with Crippen molar-refractivity contribution in [3.8, 4) is 11.8 Å². The number of nitrogens with zero attached hydrogens (tertiary/aromatic N) is 1. The number of alkyl carbamates (subject to hydrolysis) is 1. The molecule has 1 N–H and O–H groups in total. The monoisotopic (exact) mass is 278 g/mol. The highest BCUT2D eigenvalue weighted by Crippen LogP contribution is 2.08. The minimum atomic E-state index is -0.512. The average molecular weight is 278 g/mol. The maximum absolute atomic E-state index is 13.2. The molecule has 0 unspecified atom stereocenters. The van der Waals surface area contributed by atoms with Gasteiger partial charge < -0.3 is 10.1 Å². The van der Waals surface area contributed by atoms with E-state index in [9.17, 15) is 9.18 Å². The van der Waals surface area contributed by atoms with Gasteiger partial charge >= 0.3 is 6.09 Å². The van der Waals surface area contributed by atoms with E-state index in [2.05, 4.69) is 22.1 Å². The Kier molecular flexibility index (Phi) is 5.51. The summed E-state index contributed by atoms with van der Waals surface area (Å²) < 4.78 is 18.2. The second-order valence-corrected chi connectivity index (χ2v) is 5.25. The van der Waals surface area contributed by atoms with Crippen LogP contribution in [0.2, 0.25) is 0 Å². The molecule has 0 fully saturated rings. The molecule has 1 aromatic rings. The van der Waals surface area contributed by atoms with E-state index in [4.69, 9.17) is 4.74 Å². The summed E-state index contributed by atoms with van der Waals surface area (Å²) in [5, 5.41) is 2.60. The van der Waals surface area contributed by atoms with Crippen LogP contribution in [0.4, 0.5) is 9.18 Å². The van der Waals surface area contributed by atoms with Crippen LogP contribution in [0, 0.1) is 24.7 Å². The van der Waals surface area contributed by atoms with Gasteiger partial charge in [-0.15, -0.1) is 0 Å². The van der Waals surface area contributed by atoms with Gasteiger partial charge in [0.05, 0.1) is 0 Å². The fourth-order valence-electron chi connectivity index (χ4n) is 1.34. The van der Waals surface area contributed by atoms with E-state index in [0.717, 1.165) is 0 Å². The third-order valence-corrected chi connectivity index (χ3v) is 2.28. The minimum Gasteiger partial charge on any atom is -0.444 e. The van der Waals surface area contributed by atoms with Gasteiger partial charge in [0.1, 0.15) is 5.60 Å². The lowest BCUT2D eigenvalue weighted by atomic mass is 10.1. The van der Waals surface area contributed by atoms with Crippen molar-refractivity contribution >= 4 is 6.09 Å². The van der Waals surface area contributed by atoms with Gasteiger partial charge in [-0.1, -0.05) is 11.8 Å². The molecule has 4 nitrogen and oxygen atoms in total. The van der Waals surface area contributed by atoms with E-state index in [-0.39, 0.29) is 0 Å². The molecule has 0 spiro atoms. The molecule has 1 amide bonds. The zero-order valence-electron chi connectivity index (χ0n) is 12.2. The van der Waals surface area contributed by atoms with Crippen molar-refractivity contribution in [3.63, 3.8) is 0 Å². The van der Waals surface area contributed by atoms with Crippen LogP contribution in [0.5, 0.6) is 0 Å². The molecule has 5 heteroatoms. The van der Waals surface area contributed by atoms with Gasteiger partial charge in [-0.25, -0.2) is 9.78 Å². The van der Waals surface area contributed by atoms with Crippen molar-refractivity contribution in [1.82, 2.24) is 10.3 Å².